The summed E-state index contributed by atoms with van der Waals surface area (Å²) in [4.78, 5) is 30.2. The molecule has 4 heteroatoms. The fourth-order valence-electron chi connectivity index (χ4n) is 4.62. The molecule has 1 aliphatic carbocycles. The molecule has 0 bridgehead atoms. The Balaban J connectivity index is 1.66. The van der Waals surface area contributed by atoms with Crippen LogP contribution in [0.2, 0.25) is 0 Å². The molecule has 4 nitrogen and oxygen atoms in total. The van der Waals surface area contributed by atoms with Crippen molar-refractivity contribution in [2.24, 2.45) is 11.8 Å². The highest BCUT2D eigenvalue weighted by molar-refractivity contribution is 6.09. The molecule has 2 aliphatic rings. The van der Waals surface area contributed by atoms with Gasteiger partial charge in [-0.3, -0.25) is 14.6 Å². The lowest BCUT2D eigenvalue weighted by atomic mass is 9.64. The van der Waals surface area contributed by atoms with Crippen LogP contribution in [0, 0.1) is 11.8 Å². The number of fused-ring (bicyclic) bond motifs is 1. The van der Waals surface area contributed by atoms with Crippen LogP contribution in [0.5, 0.6) is 0 Å². The Labute approximate surface area is 159 Å². The average Bonchev–Trinajstić information content (AvgIpc) is 2.72. The molecule has 1 saturated heterocycles. The molecule has 1 aromatic carbocycles. The maximum Gasteiger partial charge on any atom is 0.231 e. The van der Waals surface area contributed by atoms with Gasteiger partial charge >= 0.3 is 0 Å². The van der Waals surface area contributed by atoms with Crippen molar-refractivity contribution >= 4 is 17.8 Å². The highest BCUT2D eigenvalue weighted by Gasteiger charge is 2.47. The topological polar surface area (TPSA) is 59.1 Å². The van der Waals surface area contributed by atoms with E-state index in [0.29, 0.717) is 11.6 Å². The molecule has 1 aromatic heterocycles. The maximum absolute atomic E-state index is 13.1. The van der Waals surface area contributed by atoms with Gasteiger partial charge in [0.2, 0.25) is 5.91 Å². The third kappa shape index (κ3) is 3.70. The van der Waals surface area contributed by atoms with Crippen LogP contribution in [0.3, 0.4) is 0 Å². The summed E-state index contributed by atoms with van der Waals surface area (Å²) in [6, 6.07) is 15.8. The number of allylic oxidation sites excluding steroid dienone is 1. The Bertz CT molecular complexity index is 832. The van der Waals surface area contributed by atoms with Crippen molar-refractivity contribution in [2.75, 3.05) is 0 Å². The second-order valence-corrected chi connectivity index (χ2v) is 7.47. The third-order valence-electron chi connectivity index (χ3n) is 5.85. The fourth-order valence-corrected chi connectivity index (χ4v) is 4.62. The molecule has 4 unspecified atom stereocenters. The Hall–Kier alpha value is -2.75. The Morgan fingerprint density at radius 3 is 2.59 bits per heavy atom. The van der Waals surface area contributed by atoms with E-state index in [-0.39, 0.29) is 23.7 Å². The van der Waals surface area contributed by atoms with Crippen molar-refractivity contribution < 1.29 is 9.59 Å². The highest BCUT2D eigenvalue weighted by Crippen LogP contribution is 2.44. The van der Waals surface area contributed by atoms with Gasteiger partial charge in [-0.15, -0.1) is 0 Å². The molecule has 1 amide bonds. The van der Waals surface area contributed by atoms with Crippen LogP contribution in [0.25, 0.3) is 6.08 Å². The summed E-state index contributed by atoms with van der Waals surface area (Å²) in [5.41, 5.74) is 1.81. The number of rotatable bonds is 4. The Morgan fingerprint density at radius 1 is 1.04 bits per heavy atom. The number of piperidine rings is 1. The number of nitrogens with zero attached hydrogens (tertiary/aromatic N) is 1. The van der Waals surface area contributed by atoms with E-state index in [1.165, 1.54) is 6.08 Å². The number of hydrogen-bond donors (Lipinski definition) is 1. The lowest BCUT2D eigenvalue weighted by Gasteiger charge is -2.45. The number of amides is 1. The second-order valence-electron chi connectivity index (χ2n) is 7.47. The summed E-state index contributed by atoms with van der Waals surface area (Å²) < 4.78 is 0. The second kappa shape index (κ2) is 7.87. The molecule has 0 radical (unpaired) electrons. The van der Waals surface area contributed by atoms with Crippen molar-refractivity contribution in [3.05, 3.63) is 72.1 Å². The van der Waals surface area contributed by atoms with Gasteiger partial charge in [-0.05, 0) is 48.6 Å². The predicted octanol–water partition coefficient (Wildman–Crippen LogP) is 3.75. The molecule has 4 rings (SSSR count). The molecule has 0 spiro atoms. The molecule has 2 fully saturated rings. The molecule has 1 saturated carbocycles. The van der Waals surface area contributed by atoms with Crippen LogP contribution >= 0.6 is 0 Å². The van der Waals surface area contributed by atoms with Gasteiger partial charge in [0.25, 0.3) is 0 Å². The molecule has 1 aliphatic heterocycles. The SMILES string of the molecule is O=C(/C=C/c1ccccn1)C1C(=O)NC2CCCCC2C1c1ccccc1. The van der Waals surface area contributed by atoms with E-state index >= 15 is 0 Å². The minimum Gasteiger partial charge on any atom is -0.352 e. The van der Waals surface area contributed by atoms with Crippen LogP contribution in [0.1, 0.15) is 42.9 Å². The first-order chi connectivity index (χ1) is 13.2. The first kappa shape index (κ1) is 17.7. The van der Waals surface area contributed by atoms with Crippen LogP contribution in [-0.4, -0.2) is 22.7 Å². The largest absolute Gasteiger partial charge is 0.352 e. The van der Waals surface area contributed by atoms with Gasteiger partial charge in [0.05, 0.1) is 5.69 Å². The normalized spacial score (nSPS) is 27.8. The quantitative estimate of drug-likeness (QED) is 0.667. The van der Waals surface area contributed by atoms with Gasteiger partial charge in [0.15, 0.2) is 5.78 Å². The van der Waals surface area contributed by atoms with E-state index in [1.807, 2.05) is 36.4 Å². The van der Waals surface area contributed by atoms with Gasteiger partial charge in [0.1, 0.15) is 5.92 Å². The minimum atomic E-state index is -0.674. The number of aromatic nitrogens is 1. The molecular formula is C23H24N2O2. The van der Waals surface area contributed by atoms with Crippen LogP contribution in [0.15, 0.2) is 60.8 Å². The summed E-state index contributed by atoms with van der Waals surface area (Å²) in [6.07, 6.45) is 9.27. The molecule has 2 heterocycles. The summed E-state index contributed by atoms with van der Waals surface area (Å²) in [7, 11) is 0. The molecule has 1 N–H and O–H groups in total. The summed E-state index contributed by atoms with van der Waals surface area (Å²) in [5.74, 6) is -0.701. The number of nitrogens with one attached hydrogen (secondary N) is 1. The number of carbonyl (C=O) groups excluding carboxylic acids is 2. The summed E-state index contributed by atoms with van der Waals surface area (Å²) in [5, 5.41) is 3.14. The Morgan fingerprint density at radius 2 is 1.81 bits per heavy atom. The van der Waals surface area contributed by atoms with Crippen LogP contribution < -0.4 is 5.32 Å². The van der Waals surface area contributed by atoms with E-state index in [0.717, 1.165) is 31.2 Å². The summed E-state index contributed by atoms with van der Waals surface area (Å²) >= 11 is 0. The average molecular weight is 360 g/mol. The van der Waals surface area contributed by atoms with Crippen molar-refractivity contribution in [3.63, 3.8) is 0 Å². The number of pyridine rings is 1. The number of benzene rings is 1. The highest BCUT2D eigenvalue weighted by atomic mass is 16.2. The zero-order valence-electron chi connectivity index (χ0n) is 15.3. The first-order valence-electron chi connectivity index (χ1n) is 9.72. The van der Waals surface area contributed by atoms with Crippen molar-refractivity contribution in [1.82, 2.24) is 10.3 Å². The Kier molecular flexibility index (Phi) is 5.14. The molecule has 138 valence electrons. The lowest BCUT2D eigenvalue weighted by molar-refractivity contribution is -0.137. The zero-order valence-corrected chi connectivity index (χ0v) is 15.3. The molecule has 2 aromatic rings. The maximum atomic E-state index is 13.1. The number of ketones is 1. The zero-order chi connectivity index (χ0) is 18.6. The first-order valence-corrected chi connectivity index (χ1v) is 9.72. The number of hydrogen-bond acceptors (Lipinski definition) is 3. The third-order valence-corrected chi connectivity index (χ3v) is 5.85. The van der Waals surface area contributed by atoms with Crippen molar-refractivity contribution in [3.8, 4) is 0 Å². The molecule has 4 atom stereocenters. The van der Waals surface area contributed by atoms with E-state index in [2.05, 4.69) is 22.4 Å². The van der Waals surface area contributed by atoms with Crippen molar-refractivity contribution in [1.29, 1.82) is 0 Å². The van der Waals surface area contributed by atoms with E-state index in [9.17, 15) is 9.59 Å². The smallest absolute Gasteiger partial charge is 0.231 e. The van der Waals surface area contributed by atoms with Crippen LogP contribution in [-0.2, 0) is 9.59 Å². The number of carbonyl (C=O) groups is 2. The molecule has 27 heavy (non-hydrogen) atoms. The van der Waals surface area contributed by atoms with Crippen LogP contribution in [0.4, 0.5) is 0 Å². The van der Waals surface area contributed by atoms with E-state index < -0.39 is 5.92 Å². The van der Waals surface area contributed by atoms with Gasteiger partial charge in [-0.2, -0.15) is 0 Å². The lowest BCUT2D eigenvalue weighted by Crippen LogP contribution is -2.56. The standard InChI is InChI=1S/C23H24N2O2/c26-20(14-13-17-10-6-7-15-24-17)22-21(16-8-2-1-3-9-16)18-11-4-5-12-19(18)25-23(22)27/h1-3,6-10,13-15,18-19,21-22H,4-5,11-12H2,(H,25,27)/b14-13+. The monoisotopic (exact) mass is 360 g/mol. The van der Waals surface area contributed by atoms with Gasteiger partial charge < -0.3 is 5.32 Å². The van der Waals surface area contributed by atoms with Gasteiger partial charge in [0, 0.05) is 18.2 Å². The van der Waals surface area contributed by atoms with E-state index in [4.69, 9.17) is 0 Å². The predicted molar refractivity (Wildman–Crippen MR) is 105 cm³/mol. The van der Waals surface area contributed by atoms with E-state index in [1.54, 1.807) is 12.3 Å². The fraction of sp³-hybridized carbons (Fsp3) is 0.348. The van der Waals surface area contributed by atoms with Crippen molar-refractivity contribution in [2.45, 2.75) is 37.6 Å². The van der Waals surface area contributed by atoms with Gasteiger partial charge in [-0.1, -0.05) is 49.2 Å². The minimum absolute atomic E-state index is 0.0638. The van der Waals surface area contributed by atoms with Gasteiger partial charge in [-0.25, -0.2) is 0 Å². The summed E-state index contributed by atoms with van der Waals surface area (Å²) in [6.45, 7) is 0. The molecular weight excluding hydrogens is 336 g/mol.